The van der Waals surface area contributed by atoms with E-state index in [9.17, 15) is 18.3 Å². The van der Waals surface area contributed by atoms with Crippen LogP contribution in [0.5, 0.6) is 0 Å². The van der Waals surface area contributed by atoms with Gasteiger partial charge in [-0.05, 0) is 35.1 Å². The molecule has 1 aliphatic rings. The number of carboxylic acids is 1. The molecule has 2 aromatic heterocycles. The van der Waals surface area contributed by atoms with Gasteiger partial charge in [0.25, 0.3) is 0 Å². The highest BCUT2D eigenvalue weighted by atomic mass is 32.2. The number of aliphatic carboxylic acids is 1. The minimum absolute atomic E-state index is 0.125. The summed E-state index contributed by atoms with van der Waals surface area (Å²) in [5.74, 6) is -1.11. The lowest BCUT2D eigenvalue weighted by Crippen LogP contribution is -2.40. The van der Waals surface area contributed by atoms with E-state index in [1.165, 1.54) is 16.2 Å². The summed E-state index contributed by atoms with van der Waals surface area (Å²) < 4.78 is 26.7. The summed E-state index contributed by atoms with van der Waals surface area (Å²) in [6.07, 6.45) is 0.237. The van der Waals surface area contributed by atoms with Gasteiger partial charge in [-0.1, -0.05) is 37.3 Å². The second-order valence-electron chi connectivity index (χ2n) is 6.27. The second kappa shape index (κ2) is 6.87. The number of nitrogens with zero attached hydrogens (tertiary/aromatic N) is 1. The molecule has 0 radical (unpaired) electrons. The van der Waals surface area contributed by atoms with Crippen molar-refractivity contribution in [1.29, 1.82) is 0 Å². The number of carboxylic acid groups (broad SMARTS) is 1. The molecule has 3 heterocycles. The van der Waals surface area contributed by atoms with Gasteiger partial charge in [-0.3, -0.25) is 4.79 Å². The van der Waals surface area contributed by atoms with Crippen molar-refractivity contribution in [2.24, 2.45) is 0 Å². The van der Waals surface area contributed by atoms with Crippen LogP contribution in [-0.4, -0.2) is 29.8 Å². The lowest BCUT2D eigenvalue weighted by Gasteiger charge is -2.21. The van der Waals surface area contributed by atoms with Crippen molar-refractivity contribution in [1.82, 2.24) is 4.31 Å². The van der Waals surface area contributed by atoms with E-state index in [4.69, 9.17) is 0 Å². The van der Waals surface area contributed by atoms with Gasteiger partial charge < -0.3 is 5.11 Å². The first kappa shape index (κ1) is 18.4. The Hall–Kier alpha value is -2.00. The summed E-state index contributed by atoms with van der Waals surface area (Å²) in [6, 6.07) is 12.8. The van der Waals surface area contributed by atoms with E-state index < -0.39 is 22.0 Å². The van der Waals surface area contributed by atoms with Crippen LogP contribution in [0.2, 0.25) is 0 Å². The van der Waals surface area contributed by atoms with E-state index in [0.717, 1.165) is 20.3 Å². The number of carbonyl (C=O) groups is 1. The Balaban J connectivity index is 1.65. The SMILES string of the molecule is CCC(C(=O)O)N1Cc2sc(-c3ccc(-c4cccs4)cc3)cc2S1(=O)=O. The molecule has 1 aromatic carbocycles. The molecule has 0 bridgehead atoms. The molecule has 140 valence electrons. The van der Waals surface area contributed by atoms with Gasteiger partial charge in [-0.15, -0.1) is 22.7 Å². The Morgan fingerprint density at radius 1 is 1.19 bits per heavy atom. The predicted molar refractivity (Wildman–Crippen MR) is 108 cm³/mol. The summed E-state index contributed by atoms with van der Waals surface area (Å²) in [5.41, 5.74) is 2.09. The van der Waals surface area contributed by atoms with Crippen molar-refractivity contribution in [3.05, 3.63) is 52.7 Å². The van der Waals surface area contributed by atoms with Gasteiger partial charge in [0.1, 0.15) is 6.04 Å². The highest BCUT2D eigenvalue weighted by molar-refractivity contribution is 7.89. The molecule has 1 N–H and O–H groups in total. The normalized spacial score (nSPS) is 16.9. The van der Waals surface area contributed by atoms with Gasteiger partial charge in [0, 0.05) is 14.6 Å². The third-order valence-electron chi connectivity index (χ3n) is 4.65. The van der Waals surface area contributed by atoms with Crippen molar-refractivity contribution in [2.45, 2.75) is 30.8 Å². The monoisotopic (exact) mass is 419 g/mol. The average molecular weight is 420 g/mol. The number of hydrogen-bond donors (Lipinski definition) is 1. The summed E-state index contributed by atoms with van der Waals surface area (Å²) >= 11 is 3.09. The van der Waals surface area contributed by atoms with Crippen LogP contribution in [0.4, 0.5) is 0 Å². The number of sulfonamides is 1. The number of rotatable bonds is 5. The molecule has 0 saturated heterocycles. The molecule has 4 rings (SSSR count). The smallest absolute Gasteiger partial charge is 0.322 e. The Morgan fingerprint density at radius 2 is 1.85 bits per heavy atom. The predicted octanol–water partition coefficient (Wildman–Crippen LogP) is 4.51. The van der Waals surface area contributed by atoms with Gasteiger partial charge in [-0.25, -0.2) is 8.42 Å². The zero-order chi connectivity index (χ0) is 19.2. The van der Waals surface area contributed by atoms with E-state index in [-0.39, 0.29) is 17.9 Å². The summed E-state index contributed by atoms with van der Waals surface area (Å²) in [4.78, 5) is 14.4. The van der Waals surface area contributed by atoms with Crippen LogP contribution in [0.15, 0.2) is 52.7 Å². The average Bonchev–Trinajstić information content (AvgIpc) is 3.35. The molecule has 1 aliphatic heterocycles. The van der Waals surface area contributed by atoms with Gasteiger partial charge in [0.05, 0.1) is 11.4 Å². The molecule has 0 saturated carbocycles. The second-order valence-corrected chi connectivity index (χ2v) is 10.2. The van der Waals surface area contributed by atoms with Gasteiger partial charge in [0.15, 0.2) is 0 Å². The van der Waals surface area contributed by atoms with Crippen molar-refractivity contribution in [3.63, 3.8) is 0 Å². The highest BCUT2D eigenvalue weighted by Crippen LogP contribution is 2.42. The van der Waals surface area contributed by atoms with Crippen LogP contribution in [0, 0.1) is 0 Å². The Labute approximate surface area is 165 Å². The molecule has 1 atom stereocenters. The maximum atomic E-state index is 12.8. The van der Waals surface area contributed by atoms with Gasteiger partial charge in [-0.2, -0.15) is 4.31 Å². The van der Waals surface area contributed by atoms with Crippen LogP contribution in [-0.2, 0) is 21.4 Å². The zero-order valence-corrected chi connectivity index (χ0v) is 16.9. The third-order valence-corrected chi connectivity index (χ3v) is 8.79. The molecule has 0 spiro atoms. The van der Waals surface area contributed by atoms with Gasteiger partial charge in [0.2, 0.25) is 10.0 Å². The van der Waals surface area contributed by atoms with Crippen LogP contribution in [0.25, 0.3) is 20.9 Å². The first-order chi connectivity index (χ1) is 12.9. The Kier molecular flexibility index (Phi) is 4.67. The molecule has 0 fully saturated rings. The van der Waals surface area contributed by atoms with Crippen LogP contribution >= 0.6 is 22.7 Å². The fourth-order valence-electron chi connectivity index (χ4n) is 3.26. The quantitative estimate of drug-likeness (QED) is 0.660. The number of hydrogen-bond acceptors (Lipinski definition) is 5. The molecule has 0 amide bonds. The molecule has 5 nitrogen and oxygen atoms in total. The maximum Gasteiger partial charge on any atom is 0.322 e. The first-order valence-electron chi connectivity index (χ1n) is 8.43. The molecular weight excluding hydrogens is 402 g/mol. The van der Waals surface area contributed by atoms with E-state index in [2.05, 4.69) is 6.07 Å². The van der Waals surface area contributed by atoms with Crippen molar-refractivity contribution < 1.29 is 18.3 Å². The standard InChI is InChI=1S/C19H17NO4S3/c1-2-14(19(21)22)20-11-17-18(27(20,23)24)10-16(26-17)13-7-5-12(6-8-13)15-4-3-9-25-15/h3-10,14H,2,11H2,1H3,(H,21,22). The summed E-state index contributed by atoms with van der Waals surface area (Å²) in [5, 5.41) is 11.3. The Morgan fingerprint density at radius 3 is 2.37 bits per heavy atom. The molecule has 27 heavy (non-hydrogen) atoms. The fraction of sp³-hybridized carbons (Fsp3) is 0.211. The molecular formula is C19H17NO4S3. The number of thiophene rings is 2. The fourth-order valence-corrected chi connectivity index (χ4v) is 7.39. The molecule has 1 unspecified atom stereocenters. The maximum absolute atomic E-state index is 12.8. The zero-order valence-electron chi connectivity index (χ0n) is 14.5. The first-order valence-corrected chi connectivity index (χ1v) is 11.6. The largest absolute Gasteiger partial charge is 0.480 e. The third kappa shape index (κ3) is 3.12. The minimum atomic E-state index is -3.77. The van der Waals surface area contributed by atoms with Crippen molar-refractivity contribution in [2.75, 3.05) is 0 Å². The van der Waals surface area contributed by atoms with E-state index >= 15 is 0 Å². The summed E-state index contributed by atoms with van der Waals surface area (Å²) in [7, 11) is -3.77. The van der Waals surface area contributed by atoms with Crippen LogP contribution in [0.1, 0.15) is 18.2 Å². The molecule has 8 heteroatoms. The topological polar surface area (TPSA) is 74.7 Å². The van der Waals surface area contributed by atoms with E-state index in [1.54, 1.807) is 24.3 Å². The molecule has 0 aliphatic carbocycles. The Bertz CT molecular complexity index is 1080. The highest BCUT2D eigenvalue weighted by Gasteiger charge is 2.42. The van der Waals surface area contributed by atoms with Crippen LogP contribution < -0.4 is 0 Å². The van der Waals surface area contributed by atoms with Crippen LogP contribution in [0.3, 0.4) is 0 Å². The lowest BCUT2D eigenvalue weighted by atomic mass is 10.1. The summed E-state index contributed by atoms with van der Waals surface area (Å²) in [6.45, 7) is 1.81. The minimum Gasteiger partial charge on any atom is -0.480 e. The van der Waals surface area contributed by atoms with E-state index in [0.29, 0.717) is 4.88 Å². The van der Waals surface area contributed by atoms with Gasteiger partial charge >= 0.3 is 5.97 Å². The number of benzene rings is 1. The van der Waals surface area contributed by atoms with E-state index in [1.807, 2.05) is 35.7 Å². The van der Waals surface area contributed by atoms with Crippen molar-refractivity contribution >= 4 is 38.7 Å². The lowest BCUT2D eigenvalue weighted by molar-refractivity contribution is -0.141. The number of fused-ring (bicyclic) bond motifs is 1. The van der Waals surface area contributed by atoms with Crippen molar-refractivity contribution in [3.8, 4) is 20.9 Å². The molecule has 3 aromatic rings.